The highest BCUT2D eigenvalue weighted by molar-refractivity contribution is 5.23. The van der Waals surface area contributed by atoms with Gasteiger partial charge in [-0.05, 0) is 50.7 Å². The van der Waals surface area contributed by atoms with E-state index in [4.69, 9.17) is 5.73 Å². The van der Waals surface area contributed by atoms with Crippen LogP contribution in [0, 0.1) is 17.5 Å². The lowest BCUT2D eigenvalue weighted by atomic mass is 10.0. The molecule has 1 aromatic carbocycles. The van der Waals surface area contributed by atoms with Gasteiger partial charge in [-0.25, -0.2) is 13.2 Å². The Labute approximate surface area is 123 Å². The predicted octanol–water partition coefficient (Wildman–Crippen LogP) is 2.13. The third-order valence-corrected chi connectivity index (χ3v) is 4.11. The van der Waals surface area contributed by atoms with Gasteiger partial charge in [0.25, 0.3) is 0 Å². The molecule has 0 spiro atoms. The SMILES string of the molecule is CN(CCN1CCCC1)C(CN)c1cc(F)c(F)c(F)c1. The highest BCUT2D eigenvalue weighted by Crippen LogP contribution is 2.22. The first-order valence-electron chi connectivity index (χ1n) is 7.30. The van der Waals surface area contributed by atoms with E-state index in [1.807, 2.05) is 11.9 Å². The van der Waals surface area contributed by atoms with Crippen LogP contribution in [0.25, 0.3) is 0 Å². The highest BCUT2D eigenvalue weighted by Gasteiger charge is 2.21. The molecule has 0 bridgehead atoms. The minimum atomic E-state index is -1.44. The van der Waals surface area contributed by atoms with Crippen LogP contribution in [-0.4, -0.2) is 49.6 Å². The van der Waals surface area contributed by atoms with Gasteiger partial charge < -0.3 is 10.6 Å². The maximum Gasteiger partial charge on any atom is 0.194 e. The molecule has 1 heterocycles. The minimum absolute atomic E-state index is 0.223. The monoisotopic (exact) mass is 301 g/mol. The largest absolute Gasteiger partial charge is 0.329 e. The minimum Gasteiger partial charge on any atom is -0.329 e. The molecule has 118 valence electrons. The molecule has 0 saturated carbocycles. The van der Waals surface area contributed by atoms with Crippen molar-refractivity contribution in [1.29, 1.82) is 0 Å². The predicted molar refractivity (Wildman–Crippen MR) is 76.4 cm³/mol. The lowest BCUT2D eigenvalue weighted by Gasteiger charge is -2.29. The Morgan fingerprint density at radius 1 is 1.19 bits per heavy atom. The summed E-state index contributed by atoms with van der Waals surface area (Å²) in [6.07, 6.45) is 2.44. The van der Waals surface area contributed by atoms with Crippen LogP contribution in [0.15, 0.2) is 12.1 Å². The quantitative estimate of drug-likeness (QED) is 0.817. The molecule has 1 atom stereocenters. The van der Waals surface area contributed by atoms with Crippen molar-refractivity contribution in [1.82, 2.24) is 9.80 Å². The standard InChI is InChI=1S/C15H22F3N3/c1-20(6-7-21-4-2-3-5-21)14(10-19)11-8-12(16)15(18)13(17)9-11/h8-9,14H,2-7,10,19H2,1H3. The summed E-state index contributed by atoms with van der Waals surface area (Å²) in [4.78, 5) is 4.32. The molecule has 2 rings (SSSR count). The number of nitrogens with zero attached hydrogens (tertiary/aromatic N) is 2. The lowest BCUT2D eigenvalue weighted by Crippen LogP contribution is -2.36. The van der Waals surface area contributed by atoms with Gasteiger partial charge >= 0.3 is 0 Å². The van der Waals surface area contributed by atoms with E-state index in [1.165, 1.54) is 12.8 Å². The van der Waals surface area contributed by atoms with Crippen LogP contribution in [0.4, 0.5) is 13.2 Å². The Bertz CT molecular complexity index is 452. The zero-order valence-electron chi connectivity index (χ0n) is 12.3. The van der Waals surface area contributed by atoms with E-state index < -0.39 is 17.5 Å². The Kier molecular flexibility index (Phi) is 5.61. The molecule has 1 unspecified atom stereocenters. The number of hydrogen-bond acceptors (Lipinski definition) is 3. The van der Waals surface area contributed by atoms with Crippen LogP contribution in [-0.2, 0) is 0 Å². The van der Waals surface area contributed by atoms with Crippen LogP contribution < -0.4 is 5.73 Å². The zero-order valence-corrected chi connectivity index (χ0v) is 12.3. The van der Waals surface area contributed by atoms with Crippen LogP contribution in [0.3, 0.4) is 0 Å². The van der Waals surface area contributed by atoms with Crippen LogP contribution in [0.1, 0.15) is 24.4 Å². The molecule has 1 fully saturated rings. The van der Waals surface area contributed by atoms with Crippen molar-refractivity contribution in [3.63, 3.8) is 0 Å². The molecule has 0 radical (unpaired) electrons. The molecule has 21 heavy (non-hydrogen) atoms. The molecule has 3 nitrogen and oxygen atoms in total. The molecule has 0 aromatic heterocycles. The van der Waals surface area contributed by atoms with Crippen LogP contribution in [0.2, 0.25) is 0 Å². The van der Waals surface area contributed by atoms with E-state index in [9.17, 15) is 13.2 Å². The van der Waals surface area contributed by atoms with Gasteiger partial charge in [-0.3, -0.25) is 4.90 Å². The average molecular weight is 301 g/mol. The summed E-state index contributed by atoms with van der Waals surface area (Å²) in [5.74, 6) is -3.78. The molecular weight excluding hydrogens is 279 g/mol. The molecular formula is C15H22F3N3. The fourth-order valence-corrected chi connectivity index (χ4v) is 2.80. The normalized spacial score (nSPS) is 17.6. The van der Waals surface area contributed by atoms with E-state index in [2.05, 4.69) is 4.90 Å². The van der Waals surface area contributed by atoms with Crippen molar-refractivity contribution >= 4 is 0 Å². The third kappa shape index (κ3) is 3.96. The Morgan fingerprint density at radius 2 is 1.76 bits per heavy atom. The smallest absolute Gasteiger partial charge is 0.194 e. The van der Waals surface area contributed by atoms with Crippen molar-refractivity contribution in [3.05, 3.63) is 35.1 Å². The average Bonchev–Trinajstić information content (AvgIpc) is 2.96. The second-order valence-corrected chi connectivity index (χ2v) is 5.58. The second-order valence-electron chi connectivity index (χ2n) is 5.58. The number of likely N-dealkylation sites (N-methyl/N-ethyl adjacent to an activating group) is 1. The molecule has 0 aliphatic carbocycles. The van der Waals surface area contributed by atoms with Gasteiger partial charge in [0.15, 0.2) is 17.5 Å². The topological polar surface area (TPSA) is 32.5 Å². The number of nitrogens with two attached hydrogens (primary N) is 1. The zero-order chi connectivity index (χ0) is 15.4. The van der Waals surface area contributed by atoms with E-state index in [1.54, 1.807) is 0 Å². The highest BCUT2D eigenvalue weighted by atomic mass is 19.2. The molecule has 1 aliphatic rings. The molecule has 0 amide bonds. The van der Waals surface area contributed by atoms with E-state index >= 15 is 0 Å². The van der Waals surface area contributed by atoms with Crippen LogP contribution in [0.5, 0.6) is 0 Å². The second kappa shape index (κ2) is 7.24. The summed E-state index contributed by atoms with van der Waals surface area (Å²) in [6.45, 7) is 4.07. The fourth-order valence-electron chi connectivity index (χ4n) is 2.80. The van der Waals surface area contributed by atoms with E-state index in [0.29, 0.717) is 5.56 Å². The first-order chi connectivity index (χ1) is 10.0. The number of rotatable bonds is 6. The first kappa shape index (κ1) is 16.3. The number of likely N-dealkylation sites (tertiary alicyclic amines) is 1. The lowest BCUT2D eigenvalue weighted by molar-refractivity contribution is 0.208. The van der Waals surface area contributed by atoms with E-state index in [-0.39, 0.29) is 12.6 Å². The Morgan fingerprint density at radius 3 is 2.29 bits per heavy atom. The van der Waals surface area contributed by atoms with Crippen molar-refractivity contribution in [2.75, 3.05) is 39.8 Å². The molecule has 1 saturated heterocycles. The summed E-state index contributed by atoms with van der Waals surface area (Å²) in [5.41, 5.74) is 6.11. The third-order valence-electron chi connectivity index (χ3n) is 4.11. The van der Waals surface area contributed by atoms with Crippen molar-refractivity contribution in [3.8, 4) is 0 Å². The summed E-state index contributed by atoms with van der Waals surface area (Å²) in [6, 6.07) is 1.74. The Balaban J connectivity index is 2.03. The summed E-state index contributed by atoms with van der Waals surface area (Å²) in [7, 11) is 1.87. The maximum atomic E-state index is 13.3. The van der Waals surface area contributed by atoms with Gasteiger partial charge in [-0.1, -0.05) is 0 Å². The Hall–Kier alpha value is -1.11. The summed E-state index contributed by atoms with van der Waals surface area (Å²) in [5, 5.41) is 0. The van der Waals surface area contributed by atoms with Crippen molar-refractivity contribution in [2.24, 2.45) is 5.73 Å². The summed E-state index contributed by atoms with van der Waals surface area (Å²) >= 11 is 0. The molecule has 1 aromatic rings. The van der Waals surface area contributed by atoms with Gasteiger partial charge in [-0.15, -0.1) is 0 Å². The van der Waals surface area contributed by atoms with E-state index in [0.717, 1.165) is 38.3 Å². The molecule has 1 aliphatic heterocycles. The summed E-state index contributed by atoms with van der Waals surface area (Å²) < 4.78 is 39.7. The number of hydrogen-bond donors (Lipinski definition) is 1. The van der Waals surface area contributed by atoms with Gasteiger partial charge in [0, 0.05) is 25.7 Å². The van der Waals surface area contributed by atoms with Crippen LogP contribution >= 0.6 is 0 Å². The number of halogens is 3. The van der Waals surface area contributed by atoms with Gasteiger partial charge in [0.2, 0.25) is 0 Å². The molecule has 2 N–H and O–H groups in total. The van der Waals surface area contributed by atoms with Crippen molar-refractivity contribution in [2.45, 2.75) is 18.9 Å². The van der Waals surface area contributed by atoms with Gasteiger partial charge in [-0.2, -0.15) is 0 Å². The van der Waals surface area contributed by atoms with Gasteiger partial charge in [0.1, 0.15) is 0 Å². The van der Waals surface area contributed by atoms with Gasteiger partial charge in [0.05, 0.1) is 0 Å². The first-order valence-corrected chi connectivity index (χ1v) is 7.30. The molecule has 6 heteroatoms. The van der Waals surface area contributed by atoms with Crippen molar-refractivity contribution < 1.29 is 13.2 Å². The maximum absolute atomic E-state index is 13.3. The fraction of sp³-hybridized carbons (Fsp3) is 0.600. The number of benzene rings is 1.